The average Bonchev–Trinajstić information content (AvgIpc) is 3.44. The third kappa shape index (κ3) is 5.40. The summed E-state index contributed by atoms with van der Waals surface area (Å²) in [5.74, 6) is 0.736. The van der Waals surface area contributed by atoms with Crippen LogP contribution in [0.5, 0.6) is 0 Å². The van der Waals surface area contributed by atoms with Crippen LogP contribution in [-0.4, -0.2) is 48.3 Å². The first-order valence-corrected chi connectivity index (χ1v) is 13.2. The van der Waals surface area contributed by atoms with Gasteiger partial charge in [0.2, 0.25) is 11.8 Å². The summed E-state index contributed by atoms with van der Waals surface area (Å²) in [5, 5.41) is 12.1. The second-order valence-electron chi connectivity index (χ2n) is 9.16. The molecule has 5 rings (SSSR count). The summed E-state index contributed by atoms with van der Waals surface area (Å²) >= 11 is 1.35. The van der Waals surface area contributed by atoms with E-state index in [4.69, 9.17) is 0 Å². The number of likely N-dealkylation sites (tertiary alicyclic amines) is 1. The predicted molar refractivity (Wildman–Crippen MR) is 135 cm³/mol. The zero-order chi connectivity index (χ0) is 24.2. The smallest absolute Gasteiger partial charge is 0.237 e. The first-order valence-electron chi connectivity index (χ1n) is 12.3. The van der Waals surface area contributed by atoms with Gasteiger partial charge in [0, 0.05) is 24.8 Å². The standard InChI is InChI=1S/C26H30N6O2S/c1-18(25(34)28-21-12-11-19-7-5-8-20(19)15-21)35-26-30-29-23(32(26)22-9-6-13-27-16-22)17-31-14-4-2-3-10-24(31)33/h6,9,11-13,15-16,18H,2-5,7-8,10,14,17H2,1H3,(H,28,34)/t18-/m1/s1. The van der Waals surface area contributed by atoms with E-state index in [0.717, 1.165) is 50.0 Å². The highest BCUT2D eigenvalue weighted by molar-refractivity contribution is 8.00. The molecule has 1 saturated heterocycles. The maximum absolute atomic E-state index is 13.0. The molecule has 1 aliphatic heterocycles. The Hall–Kier alpha value is -3.20. The Bertz CT molecular complexity index is 1210. The highest BCUT2D eigenvalue weighted by Crippen LogP contribution is 2.29. The van der Waals surface area contributed by atoms with Gasteiger partial charge in [-0.25, -0.2) is 0 Å². The molecule has 1 aromatic carbocycles. The molecule has 0 bridgehead atoms. The van der Waals surface area contributed by atoms with Gasteiger partial charge in [-0.05, 0) is 74.4 Å². The number of nitrogens with zero attached hydrogens (tertiary/aromatic N) is 5. The molecule has 0 spiro atoms. The Balaban J connectivity index is 1.35. The Morgan fingerprint density at radius 2 is 1.97 bits per heavy atom. The summed E-state index contributed by atoms with van der Waals surface area (Å²) in [6.07, 6.45) is 10.4. The van der Waals surface area contributed by atoms with Gasteiger partial charge < -0.3 is 10.2 Å². The third-order valence-corrected chi connectivity index (χ3v) is 7.67. The van der Waals surface area contributed by atoms with Crippen molar-refractivity contribution in [2.75, 3.05) is 11.9 Å². The van der Waals surface area contributed by atoms with Crippen LogP contribution in [0, 0.1) is 0 Å². The molecule has 0 unspecified atom stereocenters. The van der Waals surface area contributed by atoms with Crippen LogP contribution in [0.3, 0.4) is 0 Å². The number of anilines is 1. The van der Waals surface area contributed by atoms with Gasteiger partial charge in [0.05, 0.1) is 23.7 Å². The molecule has 1 N–H and O–H groups in total. The summed E-state index contributed by atoms with van der Waals surface area (Å²) in [6, 6.07) is 9.98. The Labute approximate surface area is 209 Å². The van der Waals surface area contributed by atoms with Crippen molar-refractivity contribution < 1.29 is 9.59 Å². The van der Waals surface area contributed by atoms with Gasteiger partial charge in [-0.3, -0.25) is 19.1 Å². The van der Waals surface area contributed by atoms with Gasteiger partial charge in [0.1, 0.15) is 0 Å². The van der Waals surface area contributed by atoms with E-state index >= 15 is 0 Å². The minimum absolute atomic E-state index is 0.0853. The number of carbonyl (C=O) groups is 2. The molecule has 3 aromatic rings. The Morgan fingerprint density at radius 1 is 1.09 bits per heavy atom. The predicted octanol–water partition coefficient (Wildman–Crippen LogP) is 4.17. The number of pyridine rings is 1. The number of benzene rings is 1. The lowest BCUT2D eigenvalue weighted by atomic mass is 10.1. The Morgan fingerprint density at radius 3 is 2.83 bits per heavy atom. The maximum Gasteiger partial charge on any atom is 0.237 e. The average molecular weight is 491 g/mol. The molecule has 1 atom stereocenters. The number of fused-ring (bicyclic) bond motifs is 1. The minimum atomic E-state index is -0.393. The van der Waals surface area contributed by atoms with Crippen LogP contribution < -0.4 is 5.32 Å². The zero-order valence-corrected chi connectivity index (χ0v) is 20.8. The molecular formula is C26H30N6O2S. The Kier molecular flexibility index (Phi) is 7.13. The van der Waals surface area contributed by atoms with Crippen LogP contribution >= 0.6 is 11.8 Å². The normalized spacial score (nSPS) is 16.6. The number of rotatable bonds is 7. The van der Waals surface area contributed by atoms with E-state index in [1.54, 1.807) is 12.4 Å². The van der Waals surface area contributed by atoms with E-state index in [2.05, 4.69) is 32.6 Å². The number of nitrogens with one attached hydrogen (secondary N) is 1. The van der Waals surface area contributed by atoms with Crippen molar-refractivity contribution in [1.82, 2.24) is 24.6 Å². The number of aromatic nitrogens is 4. The highest BCUT2D eigenvalue weighted by atomic mass is 32.2. The van der Waals surface area contributed by atoms with Gasteiger partial charge >= 0.3 is 0 Å². The van der Waals surface area contributed by atoms with E-state index < -0.39 is 5.25 Å². The number of hydrogen-bond acceptors (Lipinski definition) is 6. The first kappa shape index (κ1) is 23.5. The molecule has 2 aromatic heterocycles. The van der Waals surface area contributed by atoms with Gasteiger partial charge in [-0.2, -0.15) is 0 Å². The van der Waals surface area contributed by atoms with Crippen LogP contribution in [0.1, 0.15) is 56.0 Å². The largest absolute Gasteiger partial charge is 0.335 e. The fourth-order valence-electron chi connectivity index (χ4n) is 4.71. The summed E-state index contributed by atoms with van der Waals surface area (Å²) in [7, 11) is 0. The van der Waals surface area contributed by atoms with Gasteiger partial charge in [0.15, 0.2) is 11.0 Å². The van der Waals surface area contributed by atoms with Crippen LogP contribution in [0.25, 0.3) is 5.69 Å². The molecule has 8 nitrogen and oxygen atoms in total. The van der Waals surface area contributed by atoms with E-state index in [1.165, 1.54) is 29.3 Å². The zero-order valence-electron chi connectivity index (χ0n) is 19.9. The number of hydrogen-bond donors (Lipinski definition) is 1. The van der Waals surface area contributed by atoms with Crippen LogP contribution in [0.4, 0.5) is 5.69 Å². The molecule has 182 valence electrons. The number of thioether (sulfide) groups is 1. The second kappa shape index (κ2) is 10.6. The van der Waals surface area contributed by atoms with Crippen molar-refractivity contribution in [3.8, 4) is 5.69 Å². The van der Waals surface area contributed by atoms with Crippen LogP contribution in [-0.2, 0) is 29.0 Å². The lowest BCUT2D eigenvalue weighted by Gasteiger charge is -2.20. The van der Waals surface area contributed by atoms with Crippen molar-refractivity contribution in [1.29, 1.82) is 0 Å². The number of aryl methyl sites for hydroxylation is 2. The van der Waals surface area contributed by atoms with E-state index in [0.29, 0.717) is 23.9 Å². The fraction of sp³-hybridized carbons (Fsp3) is 0.423. The van der Waals surface area contributed by atoms with Crippen molar-refractivity contribution >= 4 is 29.3 Å². The van der Waals surface area contributed by atoms with Crippen LogP contribution in [0.15, 0.2) is 47.9 Å². The highest BCUT2D eigenvalue weighted by Gasteiger charge is 2.25. The third-order valence-electron chi connectivity index (χ3n) is 6.63. The number of amides is 2. The van der Waals surface area contributed by atoms with E-state index in [-0.39, 0.29) is 11.8 Å². The fourth-order valence-corrected chi connectivity index (χ4v) is 5.59. The quantitative estimate of drug-likeness (QED) is 0.500. The molecule has 1 aliphatic carbocycles. The minimum Gasteiger partial charge on any atom is -0.335 e. The maximum atomic E-state index is 13.0. The molecule has 3 heterocycles. The van der Waals surface area contributed by atoms with Gasteiger partial charge in [-0.15, -0.1) is 10.2 Å². The monoisotopic (exact) mass is 490 g/mol. The molecule has 2 amide bonds. The van der Waals surface area contributed by atoms with Crippen molar-refractivity contribution in [2.45, 2.75) is 68.8 Å². The van der Waals surface area contributed by atoms with Gasteiger partial charge in [-0.1, -0.05) is 24.2 Å². The summed E-state index contributed by atoms with van der Waals surface area (Å²) in [4.78, 5) is 31.7. The summed E-state index contributed by atoms with van der Waals surface area (Å²) < 4.78 is 1.91. The van der Waals surface area contributed by atoms with Crippen molar-refractivity contribution in [3.05, 3.63) is 59.7 Å². The van der Waals surface area contributed by atoms with E-state index in [9.17, 15) is 9.59 Å². The first-order chi connectivity index (χ1) is 17.1. The summed E-state index contributed by atoms with van der Waals surface area (Å²) in [6.45, 7) is 2.98. The SMILES string of the molecule is C[C@@H](Sc1nnc(CN2CCCCCC2=O)n1-c1cccnc1)C(=O)Nc1ccc2c(c1)CCC2. The molecule has 2 aliphatic rings. The van der Waals surface area contributed by atoms with Crippen molar-refractivity contribution in [3.63, 3.8) is 0 Å². The van der Waals surface area contributed by atoms with Crippen LogP contribution in [0.2, 0.25) is 0 Å². The van der Waals surface area contributed by atoms with Crippen molar-refractivity contribution in [2.24, 2.45) is 0 Å². The topological polar surface area (TPSA) is 93.0 Å². The molecule has 1 fully saturated rings. The molecule has 35 heavy (non-hydrogen) atoms. The molecule has 0 saturated carbocycles. The van der Waals surface area contributed by atoms with E-state index in [1.807, 2.05) is 34.6 Å². The number of carbonyl (C=O) groups excluding carboxylic acids is 2. The lowest BCUT2D eigenvalue weighted by Crippen LogP contribution is -2.31. The second-order valence-corrected chi connectivity index (χ2v) is 10.5. The summed E-state index contributed by atoms with van der Waals surface area (Å²) in [5.41, 5.74) is 4.35. The molecular weight excluding hydrogens is 460 g/mol. The molecule has 9 heteroatoms. The van der Waals surface area contributed by atoms with Gasteiger partial charge in [0.25, 0.3) is 0 Å². The molecule has 0 radical (unpaired) electrons. The lowest BCUT2D eigenvalue weighted by molar-refractivity contribution is -0.131.